The molecule has 0 aliphatic heterocycles. The van der Waals surface area contributed by atoms with Crippen molar-refractivity contribution in [1.29, 1.82) is 0 Å². The maximum atomic E-state index is 5.77. The molecule has 2 aromatic carbocycles. The molecule has 2 aromatic rings. The first-order valence-corrected chi connectivity index (χ1v) is 6.48. The lowest BCUT2D eigenvalue weighted by molar-refractivity contribution is 0.319. The zero-order valence-electron chi connectivity index (χ0n) is 9.82. The fraction of sp³-hybridized carbons (Fsp3) is 0.200. The summed E-state index contributed by atoms with van der Waals surface area (Å²) in [6, 6.07) is 16.3. The molecule has 0 radical (unpaired) electrons. The first kappa shape index (κ1) is 12.2. The molecular formula is C15H15BrO. The Balaban J connectivity index is 1.93. The summed E-state index contributed by atoms with van der Waals surface area (Å²) >= 11 is 3.54. The fourth-order valence-corrected chi connectivity index (χ4v) is 2.17. The standard InChI is InChI=1S/C15H15BrO/c1-12-6-2-5-9-15(12)17-11-10-13-7-3-4-8-14(13)16/h2-9H,10-11H2,1H3. The van der Waals surface area contributed by atoms with E-state index < -0.39 is 0 Å². The summed E-state index contributed by atoms with van der Waals surface area (Å²) in [7, 11) is 0. The lowest BCUT2D eigenvalue weighted by atomic mass is 10.2. The maximum absolute atomic E-state index is 5.77. The smallest absolute Gasteiger partial charge is 0.122 e. The zero-order chi connectivity index (χ0) is 12.1. The maximum Gasteiger partial charge on any atom is 0.122 e. The van der Waals surface area contributed by atoms with E-state index in [9.17, 15) is 0 Å². The van der Waals surface area contributed by atoms with Crippen LogP contribution in [0.15, 0.2) is 53.0 Å². The molecule has 0 saturated carbocycles. The number of hydrogen-bond acceptors (Lipinski definition) is 1. The lowest BCUT2D eigenvalue weighted by Gasteiger charge is -2.09. The Hall–Kier alpha value is -1.28. The average molecular weight is 291 g/mol. The second kappa shape index (κ2) is 5.87. The van der Waals surface area contributed by atoms with Crippen LogP contribution in [0.2, 0.25) is 0 Å². The van der Waals surface area contributed by atoms with Crippen molar-refractivity contribution in [2.75, 3.05) is 6.61 Å². The van der Waals surface area contributed by atoms with Gasteiger partial charge in [0, 0.05) is 10.9 Å². The van der Waals surface area contributed by atoms with Crippen LogP contribution in [0.1, 0.15) is 11.1 Å². The predicted molar refractivity (Wildman–Crippen MR) is 74.5 cm³/mol. The molecule has 0 saturated heterocycles. The van der Waals surface area contributed by atoms with Crippen molar-refractivity contribution in [1.82, 2.24) is 0 Å². The highest BCUT2D eigenvalue weighted by molar-refractivity contribution is 9.10. The number of para-hydroxylation sites is 1. The van der Waals surface area contributed by atoms with Gasteiger partial charge in [0.05, 0.1) is 6.61 Å². The van der Waals surface area contributed by atoms with Gasteiger partial charge in [-0.2, -0.15) is 0 Å². The Morgan fingerprint density at radius 1 is 1.00 bits per heavy atom. The predicted octanol–water partition coefficient (Wildman–Crippen LogP) is 4.38. The summed E-state index contributed by atoms with van der Waals surface area (Å²) in [5, 5.41) is 0. The van der Waals surface area contributed by atoms with E-state index >= 15 is 0 Å². The van der Waals surface area contributed by atoms with Gasteiger partial charge in [0.2, 0.25) is 0 Å². The molecule has 0 amide bonds. The minimum atomic E-state index is 0.702. The number of aryl methyl sites for hydroxylation is 1. The van der Waals surface area contributed by atoms with Gasteiger partial charge < -0.3 is 4.74 Å². The summed E-state index contributed by atoms with van der Waals surface area (Å²) in [4.78, 5) is 0. The van der Waals surface area contributed by atoms with Crippen LogP contribution in [0.25, 0.3) is 0 Å². The molecule has 2 heteroatoms. The van der Waals surface area contributed by atoms with E-state index in [2.05, 4.69) is 41.1 Å². The van der Waals surface area contributed by atoms with Crippen LogP contribution >= 0.6 is 15.9 Å². The minimum Gasteiger partial charge on any atom is -0.493 e. The molecule has 0 unspecified atom stereocenters. The molecule has 0 bridgehead atoms. The van der Waals surface area contributed by atoms with Crippen LogP contribution in [0.5, 0.6) is 5.75 Å². The molecule has 0 N–H and O–H groups in total. The molecule has 88 valence electrons. The van der Waals surface area contributed by atoms with Crippen molar-refractivity contribution < 1.29 is 4.74 Å². The molecule has 0 spiro atoms. The summed E-state index contributed by atoms with van der Waals surface area (Å²) in [5.41, 5.74) is 2.46. The minimum absolute atomic E-state index is 0.702. The Kier molecular flexibility index (Phi) is 4.21. The normalized spacial score (nSPS) is 10.2. The highest BCUT2D eigenvalue weighted by Gasteiger charge is 2.00. The molecule has 0 atom stereocenters. The molecule has 0 aliphatic rings. The highest BCUT2D eigenvalue weighted by Crippen LogP contribution is 2.19. The molecule has 0 aromatic heterocycles. The summed E-state index contributed by atoms with van der Waals surface area (Å²) in [6.07, 6.45) is 0.912. The van der Waals surface area contributed by atoms with Gasteiger partial charge in [-0.15, -0.1) is 0 Å². The highest BCUT2D eigenvalue weighted by atomic mass is 79.9. The van der Waals surface area contributed by atoms with E-state index in [1.165, 1.54) is 11.1 Å². The lowest BCUT2D eigenvalue weighted by Crippen LogP contribution is -2.02. The molecule has 0 fully saturated rings. The Morgan fingerprint density at radius 2 is 1.71 bits per heavy atom. The van der Waals surface area contributed by atoms with Crippen molar-refractivity contribution in [2.24, 2.45) is 0 Å². The van der Waals surface area contributed by atoms with Gasteiger partial charge in [-0.25, -0.2) is 0 Å². The SMILES string of the molecule is Cc1ccccc1OCCc1ccccc1Br. The number of benzene rings is 2. The molecule has 0 heterocycles. The van der Waals surface area contributed by atoms with Gasteiger partial charge in [0.25, 0.3) is 0 Å². The first-order valence-electron chi connectivity index (χ1n) is 5.69. The van der Waals surface area contributed by atoms with Crippen LogP contribution < -0.4 is 4.74 Å². The second-order valence-corrected chi connectivity index (χ2v) is 4.81. The number of halogens is 1. The van der Waals surface area contributed by atoms with Crippen molar-refractivity contribution in [3.63, 3.8) is 0 Å². The Morgan fingerprint density at radius 3 is 2.47 bits per heavy atom. The molecule has 0 aliphatic carbocycles. The van der Waals surface area contributed by atoms with E-state index in [0.29, 0.717) is 6.61 Å². The van der Waals surface area contributed by atoms with Crippen molar-refractivity contribution in [2.45, 2.75) is 13.3 Å². The molecule has 17 heavy (non-hydrogen) atoms. The van der Waals surface area contributed by atoms with Gasteiger partial charge in [-0.1, -0.05) is 52.3 Å². The monoisotopic (exact) mass is 290 g/mol. The fourth-order valence-electron chi connectivity index (χ4n) is 1.69. The summed E-state index contributed by atoms with van der Waals surface area (Å²) in [6.45, 7) is 2.77. The molecular weight excluding hydrogens is 276 g/mol. The molecule has 2 rings (SSSR count). The number of ether oxygens (including phenoxy) is 1. The third-order valence-electron chi connectivity index (χ3n) is 2.68. The van der Waals surface area contributed by atoms with E-state index in [4.69, 9.17) is 4.74 Å². The number of hydrogen-bond donors (Lipinski definition) is 0. The van der Waals surface area contributed by atoms with Gasteiger partial charge in [0.1, 0.15) is 5.75 Å². The van der Waals surface area contributed by atoms with Gasteiger partial charge in [-0.3, -0.25) is 0 Å². The van der Waals surface area contributed by atoms with Crippen molar-refractivity contribution in [3.8, 4) is 5.75 Å². The largest absolute Gasteiger partial charge is 0.493 e. The van der Waals surface area contributed by atoms with Gasteiger partial charge in [-0.05, 0) is 30.2 Å². The van der Waals surface area contributed by atoms with Crippen molar-refractivity contribution in [3.05, 3.63) is 64.1 Å². The quantitative estimate of drug-likeness (QED) is 0.812. The van der Waals surface area contributed by atoms with Gasteiger partial charge >= 0.3 is 0 Å². The topological polar surface area (TPSA) is 9.23 Å². The van der Waals surface area contributed by atoms with Crippen LogP contribution in [0.3, 0.4) is 0 Å². The van der Waals surface area contributed by atoms with Crippen LogP contribution in [0, 0.1) is 6.92 Å². The first-order chi connectivity index (χ1) is 8.27. The average Bonchev–Trinajstić information content (AvgIpc) is 2.34. The second-order valence-electron chi connectivity index (χ2n) is 3.96. The van der Waals surface area contributed by atoms with Crippen LogP contribution in [0.4, 0.5) is 0 Å². The summed E-state index contributed by atoms with van der Waals surface area (Å²) < 4.78 is 6.92. The Labute approximate surface area is 111 Å². The van der Waals surface area contributed by atoms with Crippen molar-refractivity contribution >= 4 is 15.9 Å². The third-order valence-corrected chi connectivity index (χ3v) is 3.45. The summed E-state index contributed by atoms with van der Waals surface area (Å²) in [5.74, 6) is 0.972. The van der Waals surface area contributed by atoms with Crippen LogP contribution in [-0.4, -0.2) is 6.61 Å². The van der Waals surface area contributed by atoms with E-state index in [1.54, 1.807) is 0 Å². The zero-order valence-corrected chi connectivity index (χ0v) is 11.4. The Bertz CT molecular complexity index is 448. The molecule has 1 nitrogen and oxygen atoms in total. The van der Waals surface area contributed by atoms with Crippen LogP contribution in [-0.2, 0) is 6.42 Å². The number of rotatable bonds is 4. The van der Waals surface area contributed by atoms with E-state index in [0.717, 1.165) is 16.6 Å². The van der Waals surface area contributed by atoms with E-state index in [1.807, 2.05) is 30.3 Å². The van der Waals surface area contributed by atoms with Gasteiger partial charge in [0.15, 0.2) is 0 Å². The third kappa shape index (κ3) is 3.34. The van der Waals surface area contributed by atoms with E-state index in [-0.39, 0.29) is 0 Å².